The van der Waals surface area contributed by atoms with E-state index in [1.165, 1.54) is 0 Å². The molecule has 120 valence electrons. The predicted molar refractivity (Wildman–Crippen MR) is 83.4 cm³/mol. The molecule has 4 rings (SSSR count). The van der Waals surface area contributed by atoms with Gasteiger partial charge in [-0.15, -0.1) is 11.3 Å². The van der Waals surface area contributed by atoms with Crippen LogP contribution < -0.4 is 0 Å². The zero-order valence-electron chi connectivity index (χ0n) is 12.9. The van der Waals surface area contributed by atoms with Gasteiger partial charge in [0, 0.05) is 38.1 Å². The first-order chi connectivity index (χ1) is 10.5. The summed E-state index contributed by atoms with van der Waals surface area (Å²) < 4.78 is 14.3. The lowest BCUT2D eigenvalue weighted by Gasteiger charge is -2.36. The molecule has 0 aromatic carbocycles. The fourth-order valence-electron chi connectivity index (χ4n) is 4.08. The molecule has 2 atom stereocenters. The molecular weight excluding hydrogens is 301 g/mol. The monoisotopic (exact) mass is 323 g/mol. The summed E-state index contributed by atoms with van der Waals surface area (Å²) in [5.74, 6) is 0.773. The lowest BCUT2D eigenvalue weighted by molar-refractivity contribution is -0.149. The van der Waals surface area contributed by atoms with Gasteiger partial charge in [-0.2, -0.15) is 0 Å². The number of alkyl halides is 1. The summed E-state index contributed by atoms with van der Waals surface area (Å²) in [6, 6.07) is 0. The minimum atomic E-state index is -1.53. The van der Waals surface area contributed by atoms with Crippen LogP contribution in [0.5, 0.6) is 0 Å². The topological polar surface area (TPSA) is 36.4 Å². The highest BCUT2D eigenvalue weighted by Crippen LogP contribution is 2.40. The van der Waals surface area contributed by atoms with Crippen molar-refractivity contribution < 1.29 is 9.18 Å². The van der Waals surface area contributed by atoms with Crippen molar-refractivity contribution in [3.05, 3.63) is 16.1 Å². The van der Waals surface area contributed by atoms with E-state index >= 15 is 0 Å². The van der Waals surface area contributed by atoms with Crippen LogP contribution in [0.4, 0.5) is 4.39 Å². The van der Waals surface area contributed by atoms with Gasteiger partial charge in [-0.05, 0) is 38.0 Å². The van der Waals surface area contributed by atoms with Gasteiger partial charge in [0.05, 0.1) is 10.7 Å². The van der Waals surface area contributed by atoms with Gasteiger partial charge in [0.1, 0.15) is 0 Å². The molecule has 0 N–H and O–H groups in total. The summed E-state index contributed by atoms with van der Waals surface area (Å²) in [5.41, 5.74) is -0.385. The Morgan fingerprint density at radius 3 is 2.55 bits per heavy atom. The number of nitrogens with zero attached hydrogens (tertiary/aromatic N) is 3. The van der Waals surface area contributed by atoms with Crippen LogP contribution in [0.15, 0.2) is 5.38 Å². The third kappa shape index (κ3) is 2.46. The number of amides is 1. The fourth-order valence-corrected chi connectivity index (χ4v) is 4.68. The van der Waals surface area contributed by atoms with Crippen molar-refractivity contribution in [2.24, 2.45) is 11.8 Å². The first kappa shape index (κ1) is 14.6. The van der Waals surface area contributed by atoms with Crippen molar-refractivity contribution in [1.82, 2.24) is 14.8 Å². The van der Waals surface area contributed by atoms with E-state index in [1.54, 1.807) is 16.2 Å². The molecule has 1 aromatic heterocycles. The van der Waals surface area contributed by atoms with E-state index in [9.17, 15) is 9.18 Å². The number of likely N-dealkylation sites (tertiary alicyclic amines) is 2. The Bertz CT molecular complexity index is 572. The van der Waals surface area contributed by atoms with E-state index in [-0.39, 0.29) is 5.91 Å². The van der Waals surface area contributed by atoms with Gasteiger partial charge >= 0.3 is 0 Å². The van der Waals surface area contributed by atoms with Crippen LogP contribution in [-0.4, -0.2) is 52.5 Å². The molecule has 1 amide bonds. The average Bonchev–Trinajstić information content (AvgIpc) is 3.10. The summed E-state index contributed by atoms with van der Waals surface area (Å²) in [6.45, 7) is 6.42. The van der Waals surface area contributed by atoms with Crippen molar-refractivity contribution in [2.45, 2.75) is 38.4 Å². The van der Waals surface area contributed by atoms with Gasteiger partial charge in [0.2, 0.25) is 0 Å². The second kappa shape index (κ2) is 5.27. The molecule has 4 nitrogen and oxygen atoms in total. The van der Waals surface area contributed by atoms with Crippen LogP contribution in [0.25, 0.3) is 0 Å². The molecule has 2 unspecified atom stereocenters. The largest absolute Gasteiger partial charge is 0.339 e. The van der Waals surface area contributed by atoms with Crippen LogP contribution >= 0.6 is 11.3 Å². The van der Waals surface area contributed by atoms with Crippen LogP contribution in [0.1, 0.15) is 30.0 Å². The molecule has 1 aliphatic carbocycles. The van der Waals surface area contributed by atoms with E-state index in [1.807, 2.05) is 6.92 Å². The van der Waals surface area contributed by atoms with Crippen LogP contribution in [0.2, 0.25) is 0 Å². The van der Waals surface area contributed by atoms with Crippen molar-refractivity contribution >= 4 is 17.2 Å². The quantitative estimate of drug-likeness (QED) is 0.856. The Labute approximate surface area is 134 Å². The van der Waals surface area contributed by atoms with Crippen molar-refractivity contribution in [1.29, 1.82) is 0 Å². The number of halogens is 1. The summed E-state index contributed by atoms with van der Waals surface area (Å²) in [6.07, 6.45) is 1.70. The first-order valence-electron chi connectivity index (χ1n) is 8.15. The SMILES string of the molecule is Cc1nc(CN2CC3CN(C(=O)C4(F)CCC4)CC3C2)cs1. The van der Waals surface area contributed by atoms with Crippen LogP contribution in [0.3, 0.4) is 0 Å². The number of hydrogen-bond donors (Lipinski definition) is 0. The Morgan fingerprint density at radius 1 is 1.36 bits per heavy atom. The van der Waals surface area contributed by atoms with E-state index < -0.39 is 5.67 Å². The van der Waals surface area contributed by atoms with Crippen molar-refractivity contribution in [3.8, 4) is 0 Å². The highest BCUT2D eigenvalue weighted by Gasteiger charge is 2.50. The number of rotatable bonds is 3. The number of carbonyl (C=O) groups is 1. The van der Waals surface area contributed by atoms with Gasteiger partial charge in [-0.25, -0.2) is 9.37 Å². The molecule has 3 heterocycles. The van der Waals surface area contributed by atoms with Crippen molar-refractivity contribution in [2.75, 3.05) is 26.2 Å². The van der Waals surface area contributed by atoms with Gasteiger partial charge in [0.25, 0.3) is 5.91 Å². The number of carbonyl (C=O) groups excluding carboxylic acids is 1. The second-order valence-electron chi connectivity index (χ2n) is 7.10. The Balaban J connectivity index is 1.33. The van der Waals surface area contributed by atoms with Gasteiger partial charge in [-0.1, -0.05) is 0 Å². The number of aryl methyl sites for hydroxylation is 1. The molecule has 0 bridgehead atoms. The predicted octanol–water partition coefficient (Wildman–Crippen LogP) is 2.23. The smallest absolute Gasteiger partial charge is 0.260 e. The van der Waals surface area contributed by atoms with Gasteiger partial charge < -0.3 is 4.90 Å². The maximum absolute atomic E-state index is 14.3. The fraction of sp³-hybridized carbons (Fsp3) is 0.750. The number of aromatic nitrogens is 1. The average molecular weight is 323 g/mol. The van der Waals surface area contributed by atoms with Crippen LogP contribution in [0, 0.1) is 18.8 Å². The lowest BCUT2D eigenvalue weighted by Crippen LogP contribution is -2.50. The highest BCUT2D eigenvalue weighted by atomic mass is 32.1. The molecule has 0 radical (unpaired) electrons. The third-order valence-electron chi connectivity index (χ3n) is 5.43. The zero-order valence-corrected chi connectivity index (χ0v) is 13.7. The second-order valence-corrected chi connectivity index (χ2v) is 8.16. The normalized spacial score (nSPS) is 30.4. The molecule has 3 aliphatic rings. The minimum absolute atomic E-state index is 0.241. The highest BCUT2D eigenvalue weighted by molar-refractivity contribution is 7.09. The molecule has 2 aliphatic heterocycles. The summed E-state index contributed by atoms with van der Waals surface area (Å²) in [4.78, 5) is 21.0. The summed E-state index contributed by atoms with van der Waals surface area (Å²) in [7, 11) is 0. The third-order valence-corrected chi connectivity index (χ3v) is 6.25. The Hall–Kier alpha value is -1.01. The first-order valence-corrected chi connectivity index (χ1v) is 9.03. The number of hydrogen-bond acceptors (Lipinski definition) is 4. The molecule has 3 fully saturated rings. The van der Waals surface area contributed by atoms with Gasteiger partial charge in [-0.3, -0.25) is 9.69 Å². The van der Waals surface area contributed by atoms with Crippen molar-refractivity contribution in [3.63, 3.8) is 0 Å². The number of fused-ring (bicyclic) bond motifs is 1. The molecular formula is C16H22FN3OS. The molecule has 1 aromatic rings. The Kier molecular flexibility index (Phi) is 3.49. The van der Waals surface area contributed by atoms with E-state index in [4.69, 9.17) is 0 Å². The van der Waals surface area contributed by atoms with Gasteiger partial charge in [0.15, 0.2) is 5.67 Å². The lowest BCUT2D eigenvalue weighted by atomic mass is 9.81. The number of thiazole rings is 1. The summed E-state index contributed by atoms with van der Waals surface area (Å²) in [5, 5.41) is 3.24. The molecule has 22 heavy (non-hydrogen) atoms. The standard InChI is InChI=1S/C16H22FN3OS/c1-11-18-14(10-22-11)9-19-5-12-7-20(8-13(12)6-19)15(21)16(17)3-2-4-16/h10,12-13H,2-9H2,1H3. The van der Waals surface area contributed by atoms with Crippen LogP contribution in [-0.2, 0) is 11.3 Å². The Morgan fingerprint density at radius 2 is 2.05 bits per heavy atom. The maximum Gasteiger partial charge on any atom is 0.260 e. The molecule has 0 spiro atoms. The van der Waals surface area contributed by atoms with E-state index in [2.05, 4.69) is 15.3 Å². The van der Waals surface area contributed by atoms with E-state index in [0.29, 0.717) is 24.7 Å². The maximum atomic E-state index is 14.3. The molecule has 2 saturated heterocycles. The summed E-state index contributed by atoms with van der Waals surface area (Å²) >= 11 is 1.69. The van der Waals surface area contributed by atoms with E-state index in [0.717, 1.165) is 49.8 Å². The minimum Gasteiger partial charge on any atom is -0.339 e. The molecule has 6 heteroatoms. The zero-order chi connectivity index (χ0) is 15.3. The molecule has 1 saturated carbocycles.